The van der Waals surface area contributed by atoms with Crippen molar-refractivity contribution in [2.75, 3.05) is 5.32 Å². The van der Waals surface area contributed by atoms with E-state index in [4.69, 9.17) is 9.15 Å². The maximum atomic E-state index is 12.8. The van der Waals surface area contributed by atoms with Crippen molar-refractivity contribution in [3.63, 3.8) is 0 Å². The van der Waals surface area contributed by atoms with Crippen LogP contribution >= 0.6 is 0 Å². The van der Waals surface area contributed by atoms with E-state index in [1.165, 1.54) is 0 Å². The maximum absolute atomic E-state index is 12.8. The van der Waals surface area contributed by atoms with Gasteiger partial charge in [0.2, 0.25) is 5.89 Å². The molecule has 31 heavy (non-hydrogen) atoms. The Kier molecular flexibility index (Phi) is 6.08. The van der Waals surface area contributed by atoms with Crippen molar-refractivity contribution in [1.29, 1.82) is 0 Å². The summed E-state index contributed by atoms with van der Waals surface area (Å²) >= 11 is 0. The summed E-state index contributed by atoms with van der Waals surface area (Å²) in [4.78, 5) is 12.8. The Hall–Kier alpha value is -3.93. The van der Waals surface area contributed by atoms with Gasteiger partial charge >= 0.3 is 0 Å². The van der Waals surface area contributed by atoms with Gasteiger partial charge in [-0.1, -0.05) is 49.4 Å². The number of benzene rings is 3. The van der Waals surface area contributed by atoms with Crippen LogP contribution in [0.4, 0.5) is 5.69 Å². The standard InChI is InChI=1S/C25H23N3O3/c1-3-21(23(29)26-19-13-9-10-17(2)16-19)30-22-15-8-7-14-20(22)25-28-27-24(31-25)18-11-5-4-6-12-18/h4-16,21H,3H2,1-2H3,(H,26,29)/t21-/m1/s1. The van der Waals surface area contributed by atoms with Crippen molar-refractivity contribution < 1.29 is 13.9 Å². The lowest BCUT2D eigenvalue weighted by Gasteiger charge is -2.18. The molecule has 0 spiro atoms. The van der Waals surface area contributed by atoms with Crippen molar-refractivity contribution in [2.45, 2.75) is 26.4 Å². The molecule has 0 radical (unpaired) electrons. The van der Waals surface area contributed by atoms with Crippen LogP contribution in [0.2, 0.25) is 0 Å². The first-order valence-corrected chi connectivity index (χ1v) is 10.2. The summed E-state index contributed by atoms with van der Waals surface area (Å²) in [5, 5.41) is 11.3. The Balaban J connectivity index is 1.55. The molecule has 1 N–H and O–H groups in total. The summed E-state index contributed by atoms with van der Waals surface area (Å²) in [5.41, 5.74) is 3.29. The molecule has 1 atom stereocenters. The van der Waals surface area contributed by atoms with E-state index in [9.17, 15) is 4.79 Å². The van der Waals surface area contributed by atoms with E-state index in [2.05, 4.69) is 15.5 Å². The third-order valence-corrected chi connectivity index (χ3v) is 4.78. The van der Waals surface area contributed by atoms with Gasteiger partial charge in [-0.2, -0.15) is 0 Å². The van der Waals surface area contributed by atoms with Crippen molar-refractivity contribution in [2.24, 2.45) is 0 Å². The summed E-state index contributed by atoms with van der Waals surface area (Å²) in [5.74, 6) is 1.06. The highest BCUT2D eigenvalue weighted by atomic mass is 16.5. The van der Waals surface area contributed by atoms with E-state index in [1.807, 2.05) is 86.6 Å². The first kappa shape index (κ1) is 20.3. The summed E-state index contributed by atoms with van der Waals surface area (Å²) < 4.78 is 12.0. The predicted molar refractivity (Wildman–Crippen MR) is 120 cm³/mol. The van der Waals surface area contributed by atoms with Crippen molar-refractivity contribution in [3.05, 3.63) is 84.4 Å². The number of carbonyl (C=O) groups excluding carboxylic acids is 1. The van der Waals surface area contributed by atoms with E-state index >= 15 is 0 Å². The summed E-state index contributed by atoms with van der Waals surface area (Å²) in [7, 11) is 0. The first-order valence-electron chi connectivity index (χ1n) is 10.2. The van der Waals surface area contributed by atoms with Gasteiger partial charge in [-0.3, -0.25) is 4.79 Å². The largest absolute Gasteiger partial charge is 0.480 e. The van der Waals surface area contributed by atoms with Gasteiger partial charge in [0, 0.05) is 11.3 Å². The minimum absolute atomic E-state index is 0.210. The van der Waals surface area contributed by atoms with E-state index in [1.54, 1.807) is 6.07 Å². The Labute approximate surface area is 180 Å². The molecule has 4 rings (SSSR count). The molecule has 0 aliphatic heterocycles. The maximum Gasteiger partial charge on any atom is 0.265 e. The van der Waals surface area contributed by atoms with Gasteiger partial charge in [0.25, 0.3) is 11.8 Å². The first-order chi connectivity index (χ1) is 15.1. The van der Waals surface area contributed by atoms with Gasteiger partial charge in [-0.15, -0.1) is 10.2 Å². The summed E-state index contributed by atoms with van der Waals surface area (Å²) in [6, 6.07) is 24.6. The van der Waals surface area contributed by atoms with Crippen molar-refractivity contribution >= 4 is 11.6 Å². The number of ether oxygens (including phenoxy) is 1. The number of amides is 1. The number of para-hydroxylation sites is 1. The second-order valence-corrected chi connectivity index (χ2v) is 7.15. The van der Waals surface area contributed by atoms with Crippen LogP contribution in [-0.2, 0) is 4.79 Å². The van der Waals surface area contributed by atoms with E-state index in [-0.39, 0.29) is 5.91 Å². The zero-order valence-corrected chi connectivity index (χ0v) is 17.4. The molecule has 1 heterocycles. The third-order valence-electron chi connectivity index (χ3n) is 4.78. The average Bonchev–Trinajstić information content (AvgIpc) is 3.28. The molecule has 0 saturated carbocycles. The van der Waals surface area contributed by atoms with E-state index in [0.717, 1.165) is 16.8 Å². The Morgan fingerprint density at radius 2 is 1.71 bits per heavy atom. The summed E-state index contributed by atoms with van der Waals surface area (Å²) in [6.07, 6.45) is -0.163. The van der Waals surface area contributed by atoms with Crippen molar-refractivity contribution in [1.82, 2.24) is 10.2 Å². The van der Waals surface area contributed by atoms with Crippen LogP contribution in [0.1, 0.15) is 18.9 Å². The van der Waals surface area contributed by atoms with Crippen molar-refractivity contribution in [3.8, 4) is 28.7 Å². The number of aromatic nitrogens is 2. The van der Waals surface area contributed by atoms with Gasteiger partial charge in [0.1, 0.15) is 5.75 Å². The smallest absolute Gasteiger partial charge is 0.265 e. The molecule has 0 bridgehead atoms. The topological polar surface area (TPSA) is 77.2 Å². The van der Waals surface area contributed by atoms with Gasteiger partial charge < -0.3 is 14.5 Å². The SMILES string of the molecule is CC[C@@H](Oc1ccccc1-c1nnc(-c2ccccc2)o1)C(=O)Nc1cccc(C)c1. The van der Waals surface area contributed by atoms with Crippen LogP contribution in [-0.4, -0.2) is 22.2 Å². The van der Waals surface area contributed by atoms with Crippen LogP contribution in [0.5, 0.6) is 5.75 Å². The Bertz CT molecular complexity index is 1170. The van der Waals surface area contributed by atoms with E-state index < -0.39 is 6.10 Å². The fourth-order valence-electron chi connectivity index (χ4n) is 3.20. The second kappa shape index (κ2) is 9.26. The third kappa shape index (κ3) is 4.80. The number of hydrogen-bond acceptors (Lipinski definition) is 5. The molecule has 0 aliphatic rings. The lowest BCUT2D eigenvalue weighted by molar-refractivity contribution is -0.122. The van der Waals surface area contributed by atoms with Crippen LogP contribution in [0.3, 0.4) is 0 Å². The molecule has 4 aromatic rings. The molecule has 6 nitrogen and oxygen atoms in total. The highest BCUT2D eigenvalue weighted by Crippen LogP contribution is 2.32. The minimum atomic E-state index is -0.668. The minimum Gasteiger partial charge on any atom is -0.480 e. The van der Waals surface area contributed by atoms with Gasteiger partial charge in [0.05, 0.1) is 5.56 Å². The number of rotatable bonds is 7. The molecule has 3 aromatic carbocycles. The Morgan fingerprint density at radius 3 is 2.48 bits per heavy atom. The highest BCUT2D eigenvalue weighted by molar-refractivity contribution is 5.94. The van der Waals surface area contributed by atoms with Crippen LogP contribution < -0.4 is 10.1 Å². The van der Waals surface area contributed by atoms with Gasteiger partial charge in [-0.25, -0.2) is 0 Å². The quantitative estimate of drug-likeness (QED) is 0.432. The zero-order chi connectivity index (χ0) is 21.6. The number of hydrogen-bond donors (Lipinski definition) is 1. The zero-order valence-electron chi connectivity index (χ0n) is 17.4. The molecule has 6 heteroatoms. The van der Waals surface area contributed by atoms with Crippen LogP contribution in [0.25, 0.3) is 22.9 Å². The molecule has 0 saturated heterocycles. The fraction of sp³-hybridized carbons (Fsp3) is 0.160. The molecule has 0 fully saturated rings. The van der Waals surface area contributed by atoms with E-state index in [0.29, 0.717) is 29.5 Å². The number of aryl methyl sites for hydroxylation is 1. The molecule has 156 valence electrons. The molecular formula is C25H23N3O3. The molecule has 0 aliphatic carbocycles. The normalized spacial score (nSPS) is 11.7. The molecule has 0 unspecified atom stereocenters. The second-order valence-electron chi connectivity index (χ2n) is 7.15. The monoisotopic (exact) mass is 413 g/mol. The number of nitrogens with zero attached hydrogens (tertiary/aromatic N) is 2. The molecule has 1 aromatic heterocycles. The molecule has 1 amide bonds. The summed E-state index contributed by atoms with van der Waals surface area (Å²) in [6.45, 7) is 3.89. The number of anilines is 1. The van der Waals surface area contributed by atoms with Gasteiger partial charge in [-0.05, 0) is 55.3 Å². The Morgan fingerprint density at radius 1 is 0.968 bits per heavy atom. The average molecular weight is 413 g/mol. The fourth-order valence-corrected chi connectivity index (χ4v) is 3.20. The molecular weight excluding hydrogens is 390 g/mol. The lowest BCUT2D eigenvalue weighted by atomic mass is 10.1. The number of nitrogens with one attached hydrogen (secondary N) is 1. The lowest BCUT2D eigenvalue weighted by Crippen LogP contribution is -2.32. The number of carbonyl (C=O) groups is 1. The van der Waals surface area contributed by atoms with Crippen LogP contribution in [0, 0.1) is 6.92 Å². The highest BCUT2D eigenvalue weighted by Gasteiger charge is 2.22. The van der Waals surface area contributed by atoms with Crippen LogP contribution in [0.15, 0.2) is 83.3 Å². The van der Waals surface area contributed by atoms with Gasteiger partial charge in [0.15, 0.2) is 6.10 Å². The predicted octanol–water partition coefficient (Wildman–Crippen LogP) is 5.51.